The molecule has 0 amide bonds. The summed E-state index contributed by atoms with van der Waals surface area (Å²) in [6.45, 7) is 0. The third kappa shape index (κ3) is 1.11. The van der Waals surface area contributed by atoms with Gasteiger partial charge in [-0.1, -0.05) is 4.49 Å². The van der Waals surface area contributed by atoms with Gasteiger partial charge in [-0.05, 0) is 33.5 Å². The van der Waals surface area contributed by atoms with E-state index in [0.29, 0.717) is 0 Å². The molecule has 1 aromatic carbocycles. The summed E-state index contributed by atoms with van der Waals surface area (Å²) in [5.41, 5.74) is 2.46. The molecule has 0 aliphatic rings. The highest BCUT2D eigenvalue weighted by Crippen LogP contribution is 2.30. The Morgan fingerprint density at radius 1 is 1.29 bits per heavy atom. The second-order valence-electron chi connectivity index (χ2n) is 2.62. The fraction of sp³-hybridized carbons (Fsp3) is 0. The molecule has 0 saturated carbocycles. The molecule has 0 N–H and O–H groups in total. The largest absolute Gasteiger partial charge is 0.142 e. The zero-order valence-electron chi connectivity index (χ0n) is 6.48. The first kappa shape index (κ1) is 8.69. The van der Waals surface area contributed by atoms with Crippen molar-refractivity contribution < 1.29 is 0 Å². The zero-order chi connectivity index (χ0) is 9.71. The number of benzene rings is 1. The molecule has 3 aromatic rings. The SMILES string of the molecule is Brc1cc2nn(Br)nc2c2snnc12. The van der Waals surface area contributed by atoms with Crippen LogP contribution in [0.5, 0.6) is 0 Å². The molecule has 0 fully saturated rings. The van der Waals surface area contributed by atoms with E-state index in [0.717, 1.165) is 25.7 Å². The maximum Gasteiger partial charge on any atom is 0.135 e. The summed E-state index contributed by atoms with van der Waals surface area (Å²) >= 11 is 7.90. The number of rotatable bonds is 0. The molecule has 2 heterocycles. The Kier molecular flexibility index (Phi) is 1.83. The molecule has 0 aliphatic carbocycles. The minimum absolute atomic E-state index is 0.812. The van der Waals surface area contributed by atoms with Crippen LogP contribution in [0, 0.1) is 0 Å². The van der Waals surface area contributed by atoms with E-state index in [2.05, 4.69) is 51.9 Å². The van der Waals surface area contributed by atoms with Crippen molar-refractivity contribution in [3.8, 4) is 0 Å². The van der Waals surface area contributed by atoms with Gasteiger partial charge in [0.1, 0.15) is 21.3 Å². The summed E-state index contributed by atoms with van der Waals surface area (Å²) in [5.74, 6) is 0. The third-order valence-corrected chi connectivity index (χ3v) is 3.46. The van der Waals surface area contributed by atoms with Crippen LogP contribution in [-0.2, 0) is 0 Å². The predicted molar refractivity (Wildman–Crippen MR) is 60.5 cm³/mol. The molecule has 8 heteroatoms. The number of hydrogen-bond donors (Lipinski definition) is 0. The fourth-order valence-electron chi connectivity index (χ4n) is 1.24. The van der Waals surface area contributed by atoms with Gasteiger partial charge >= 0.3 is 0 Å². The van der Waals surface area contributed by atoms with E-state index in [1.807, 2.05) is 6.07 Å². The highest BCUT2D eigenvalue weighted by Gasteiger charge is 2.12. The second kappa shape index (κ2) is 2.94. The lowest BCUT2D eigenvalue weighted by Gasteiger charge is -1.90. The van der Waals surface area contributed by atoms with Gasteiger partial charge in [-0.2, -0.15) is 0 Å². The zero-order valence-corrected chi connectivity index (χ0v) is 10.5. The number of halogens is 2. The van der Waals surface area contributed by atoms with Gasteiger partial charge in [-0.25, -0.2) is 0 Å². The Hall–Kier alpha value is -0.600. The minimum Gasteiger partial charge on any atom is -0.142 e. The van der Waals surface area contributed by atoms with E-state index in [1.165, 1.54) is 15.4 Å². The number of aromatic nitrogens is 5. The monoisotopic (exact) mass is 333 g/mol. The first-order valence-corrected chi connectivity index (χ1v) is 5.87. The van der Waals surface area contributed by atoms with Crippen LogP contribution < -0.4 is 0 Å². The summed E-state index contributed by atoms with van der Waals surface area (Å²) in [5, 5.41) is 12.3. The van der Waals surface area contributed by atoms with Crippen molar-refractivity contribution in [2.75, 3.05) is 0 Å². The fourth-order valence-corrected chi connectivity index (χ4v) is 2.87. The van der Waals surface area contributed by atoms with Gasteiger partial charge in [0.15, 0.2) is 0 Å². The van der Waals surface area contributed by atoms with E-state index >= 15 is 0 Å². The Bertz CT molecular complexity index is 630. The average molecular weight is 335 g/mol. The van der Waals surface area contributed by atoms with Gasteiger partial charge in [0.05, 0.1) is 16.1 Å². The van der Waals surface area contributed by atoms with Gasteiger partial charge < -0.3 is 0 Å². The molecule has 3 rings (SSSR count). The van der Waals surface area contributed by atoms with Crippen LogP contribution in [0.4, 0.5) is 0 Å². The number of hydrogen-bond acceptors (Lipinski definition) is 5. The molecule has 0 saturated heterocycles. The van der Waals surface area contributed by atoms with Crippen LogP contribution in [0.2, 0.25) is 0 Å². The molecule has 5 nitrogen and oxygen atoms in total. The quantitative estimate of drug-likeness (QED) is 0.633. The van der Waals surface area contributed by atoms with Gasteiger partial charge in [0, 0.05) is 4.47 Å². The molecule has 2 aromatic heterocycles. The van der Waals surface area contributed by atoms with Crippen molar-refractivity contribution in [2.45, 2.75) is 0 Å². The lowest BCUT2D eigenvalue weighted by atomic mass is 10.3. The average Bonchev–Trinajstić information content (AvgIpc) is 2.69. The predicted octanol–water partition coefficient (Wildman–Crippen LogP) is 2.36. The standard InChI is InChI=1S/C6HBr2N5S/c7-2-1-3-5(11-13(8)10-3)6-4(2)9-12-14-6/h1H. The summed E-state index contributed by atoms with van der Waals surface area (Å²) in [6.07, 6.45) is 0. The number of nitrogens with zero attached hydrogens (tertiary/aromatic N) is 5. The molecule has 70 valence electrons. The molecule has 14 heavy (non-hydrogen) atoms. The van der Waals surface area contributed by atoms with Crippen molar-refractivity contribution in [1.82, 2.24) is 23.6 Å². The molecule has 0 spiro atoms. The van der Waals surface area contributed by atoms with Crippen LogP contribution in [0.15, 0.2) is 10.5 Å². The van der Waals surface area contributed by atoms with Crippen LogP contribution in [0.3, 0.4) is 0 Å². The van der Waals surface area contributed by atoms with Crippen molar-refractivity contribution in [3.05, 3.63) is 10.5 Å². The van der Waals surface area contributed by atoms with E-state index < -0.39 is 0 Å². The third-order valence-electron chi connectivity index (χ3n) is 1.81. The first-order chi connectivity index (χ1) is 6.75. The smallest absolute Gasteiger partial charge is 0.135 e. The van der Waals surface area contributed by atoms with Crippen molar-refractivity contribution in [3.63, 3.8) is 0 Å². The maximum absolute atomic E-state index is 4.19. The highest BCUT2D eigenvalue weighted by molar-refractivity contribution is 9.10. The van der Waals surface area contributed by atoms with Crippen LogP contribution in [0.1, 0.15) is 0 Å². The van der Waals surface area contributed by atoms with E-state index in [4.69, 9.17) is 0 Å². The molecule has 0 unspecified atom stereocenters. The Morgan fingerprint density at radius 2 is 2.14 bits per heavy atom. The van der Waals surface area contributed by atoms with Crippen molar-refractivity contribution in [2.24, 2.45) is 0 Å². The van der Waals surface area contributed by atoms with Gasteiger partial charge in [-0.3, -0.25) is 0 Å². The molecular formula is C6HBr2N5S. The Labute approximate surface area is 98.7 Å². The summed E-state index contributed by atoms with van der Waals surface area (Å²) < 4.78 is 7.09. The molecule has 0 radical (unpaired) electrons. The maximum atomic E-state index is 4.19. The lowest BCUT2D eigenvalue weighted by molar-refractivity contribution is 0.902. The normalized spacial score (nSPS) is 11.6. The summed E-state index contributed by atoms with van der Waals surface area (Å²) in [7, 11) is 0. The summed E-state index contributed by atoms with van der Waals surface area (Å²) in [6, 6.07) is 1.88. The van der Waals surface area contributed by atoms with E-state index in [-0.39, 0.29) is 0 Å². The molecule has 0 atom stereocenters. The van der Waals surface area contributed by atoms with E-state index in [9.17, 15) is 0 Å². The van der Waals surface area contributed by atoms with Crippen molar-refractivity contribution in [1.29, 1.82) is 0 Å². The number of fused-ring (bicyclic) bond motifs is 3. The molecule has 0 aliphatic heterocycles. The highest BCUT2D eigenvalue weighted by atomic mass is 79.9. The molecule has 0 bridgehead atoms. The van der Waals surface area contributed by atoms with Gasteiger partial charge in [0.25, 0.3) is 0 Å². The lowest BCUT2D eigenvalue weighted by Crippen LogP contribution is -1.80. The second-order valence-corrected chi connectivity index (χ2v) is 4.86. The van der Waals surface area contributed by atoms with Crippen LogP contribution in [0.25, 0.3) is 21.3 Å². The van der Waals surface area contributed by atoms with Crippen molar-refractivity contribution >= 4 is 64.9 Å². The Morgan fingerprint density at radius 3 is 3.00 bits per heavy atom. The minimum atomic E-state index is 0.812. The van der Waals surface area contributed by atoms with Gasteiger partial charge in [0.2, 0.25) is 0 Å². The molecular weight excluding hydrogens is 334 g/mol. The Balaban J connectivity index is 2.64. The van der Waals surface area contributed by atoms with Gasteiger partial charge in [-0.15, -0.1) is 19.1 Å². The van der Waals surface area contributed by atoms with Crippen LogP contribution in [-0.4, -0.2) is 23.6 Å². The first-order valence-electron chi connectivity index (χ1n) is 3.59. The van der Waals surface area contributed by atoms with E-state index in [1.54, 1.807) is 0 Å². The van der Waals surface area contributed by atoms with Crippen LogP contribution >= 0.6 is 43.6 Å². The summed E-state index contributed by atoms with van der Waals surface area (Å²) in [4.78, 5) is 0. The topological polar surface area (TPSA) is 56.5 Å².